The van der Waals surface area contributed by atoms with Gasteiger partial charge in [0.15, 0.2) is 0 Å². The van der Waals surface area contributed by atoms with E-state index in [4.69, 9.17) is 11.6 Å². The minimum atomic E-state index is 0.536. The van der Waals surface area contributed by atoms with Crippen molar-refractivity contribution in [2.45, 2.75) is 6.42 Å². The van der Waals surface area contributed by atoms with E-state index >= 15 is 0 Å². The molecular weight excluding hydrogens is 263 g/mol. The highest BCUT2D eigenvalue weighted by Gasteiger charge is 1.97. The maximum atomic E-state index is 5.91. The van der Waals surface area contributed by atoms with Crippen LogP contribution in [0.25, 0.3) is 6.08 Å². The summed E-state index contributed by atoms with van der Waals surface area (Å²) in [5.41, 5.74) is 0.942. The molecule has 0 aliphatic rings. The van der Waals surface area contributed by atoms with Crippen LogP contribution in [0, 0.1) is 0 Å². The predicted molar refractivity (Wildman–Crippen MR) is 64.5 cm³/mol. The smallest absolute Gasteiger partial charge is 0.136 e. The van der Waals surface area contributed by atoms with Gasteiger partial charge in [-0.25, -0.2) is 4.98 Å². The first-order valence-electron chi connectivity index (χ1n) is 4.36. The topological polar surface area (TPSA) is 24.9 Å². The van der Waals surface area contributed by atoms with Crippen LogP contribution in [0.1, 0.15) is 12.0 Å². The number of aromatic nitrogens is 1. The first-order chi connectivity index (χ1) is 6.74. The lowest BCUT2D eigenvalue weighted by Crippen LogP contribution is -2.05. The number of halogens is 2. The normalized spacial score (nSPS) is 11.1. The fourth-order valence-corrected chi connectivity index (χ4v) is 1.51. The van der Waals surface area contributed by atoms with Gasteiger partial charge in [0.1, 0.15) is 5.15 Å². The highest BCUT2D eigenvalue weighted by molar-refractivity contribution is 9.10. The van der Waals surface area contributed by atoms with Gasteiger partial charge in [0.05, 0.1) is 0 Å². The average molecular weight is 276 g/mol. The van der Waals surface area contributed by atoms with E-state index in [9.17, 15) is 0 Å². The van der Waals surface area contributed by atoms with Crippen LogP contribution in [-0.4, -0.2) is 18.6 Å². The maximum Gasteiger partial charge on any atom is 0.136 e. The molecule has 0 saturated heterocycles. The van der Waals surface area contributed by atoms with Crippen molar-refractivity contribution in [2.24, 2.45) is 0 Å². The summed E-state index contributed by atoms with van der Waals surface area (Å²) in [5.74, 6) is 0. The Balaban J connectivity index is 2.65. The van der Waals surface area contributed by atoms with Crippen molar-refractivity contribution in [1.82, 2.24) is 10.3 Å². The summed E-state index contributed by atoms with van der Waals surface area (Å²) in [4.78, 5) is 4.03. The monoisotopic (exact) mass is 274 g/mol. The van der Waals surface area contributed by atoms with Gasteiger partial charge >= 0.3 is 0 Å². The fraction of sp³-hybridized carbons (Fsp3) is 0.300. The fourth-order valence-electron chi connectivity index (χ4n) is 0.993. The molecule has 0 radical (unpaired) electrons. The van der Waals surface area contributed by atoms with Crippen LogP contribution in [0.4, 0.5) is 0 Å². The Bertz CT molecular complexity index is 326. The van der Waals surface area contributed by atoms with Gasteiger partial charge in [-0.05, 0) is 42.0 Å². The zero-order chi connectivity index (χ0) is 10.4. The Kier molecular flexibility index (Phi) is 5.15. The molecule has 1 aromatic heterocycles. The third kappa shape index (κ3) is 3.78. The Labute approximate surface area is 97.5 Å². The molecule has 0 aliphatic heterocycles. The molecule has 76 valence electrons. The molecule has 0 spiro atoms. The lowest BCUT2D eigenvalue weighted by Gasteiger charge is -1.98. The Morgan fingerprint density at radius 1 is 1.64 bits per heavy atom. The summed E-state index contributed by atoms with van der Waals surface area (Å²) in [6.07, 6.45) is 6.73. The molecular formula is C10H12BrClN2. The first kappa shape index (κ1) is 11.7. The van der Waals surface area contributed by atoms with Crippen molar-refractivity contribution in [2.75, 3.05) is 13.6 Å². The molecule has 0 unspecified atom stereocenters. The third-order valence-corrected chi connectivity index (χ3v) is 2.44. The maximum absolute atomic E-state index is 5.91. The lowest BCUT2D eigenvalue weighted by atomic mass is 10.2. The highest BCUT2D eigenvalue weighted by atomic mass is 79.9. The summed E-state index contributed by atoms with van der Waals surface area (Å²) in [5, 5.41) is 3.61. The van der Waals surface area contributed by atoms with Crippen LogP contribution in [-0.2, 0) is 0 Å². The van der Waals surface area contributed by atoms with Crippen LogP contribution >= 0.6 is 27.5 Å². The van der Waals surface area contributed by atoms with E-state index in [-0.39, 0.29) is 0 Å². The lowest BCUT2D eigenvalue weighted by molar-refractivity contribution is 0.809. The first-order valence-corrected chi connectivity index (χ1v) is 5.53. The van der Waals surface area contributed by atoms with E-state index in [1.54, 1.807) is 6.20 Å². The van der Waals surface area contributed by atoms with Gasteiger partial charge in [0.2, 0.25) is 0 Å². The Hall–Kier alpha value is -0.380. The van der Waals surface area contributed by atoms with E-state index in [1.165, 1.54) is 0 Å². The molecule has 0 aliphatic carbocycles. The predicted octanol–water partition coefficient (Wildman–Crippen LogP) is 3.12. The molecule has 4 heteroatoms. The molecule has 14 heavy (non-hydrogen) atoms. The van der Waals surface area contributed by atoms with E-state index in [1.807, 2.05) is 19.2 Å². The van der Waals surface area contributed by atoms with Crippen molar-refractivity contribution in [3.63, 3.8) is 0 Å². The summed E-state index contributed by atoms with van der Waals surface area (Å²) < 4.78 is 0.940. The second-order valence-electron chi connectivity index (χ2n) is 2.83. The Morgan fingerprint density at radius 3 is 3.14 bits per heavy atom. The molecule has 0 amide bonds. The number of nitrogens with one attached hydrogen (secondary N) is 1. The molecule has 0 atom stereocenters. The second-order valence-corrected chi connectivity index (χ2v) is 4.10. The summed E-state index contributed by atoms with van der Waals surface area (Å²) in [6.45, 7) is 0.968. The largest absolute Gasteiger partial charge is 0.319 e. The molecule has 0 saturated carbocycles. The number of hydrogen-bond acceptors (Lipinski definition) is 2. The minimum absolute atomic E-state index is 0.536. The molecule has 0 aromatic carbocycles. The van der Waals surface area contributed by atoms with Gasteiger partial charge in [-0.3, -0.25) is 0 Å². The van der Waals surface area contributed by atoms with Crippen LogP contribution in [0.15, 0.2) is 22.8 Å². The van der Waals surface area contributed by atoms with E-state index in [0.29, 0.717) is 5.15 Å². The number of hydrogen-bond donors (Lipinski definition) is 1. The summed E-state index contributed by atoms with van der Waals surface area (Å²) >= 11 is 9.26. The SMILES string of the molecule is CNCCC=Cc1cc(Br)cnc1Cl. The van der Waals surface area contributed by atoms with Gasteiger partial charge < -0.3 is 5.32 Å². The van der Waals surface area contributed by atoms with Crippen molar-refractivity contribution >= 4 is 33.6 Å². The van der Waals surface area contributed by atoms with Gasteiger partial charge in [-0.2, -0.15) is 0 Å². The minimum Gasteiger partial charge on any atom is -0.319 e. The molecule has 1 aromatic rings. The van der Waals surface area contributed by atoms with E-state index in [2.05, 4.69) is 32.3 Å². The molecule has 1 N–H and O–H groups in total. The number of nitrogens with zero attached hydrogens (tertiary/aromatic N) is 1. The number of rotatable bonds is 4. The van der Waals surface area contributed by atoms with Crippen molar-refractivity contribution in [3.8, 4) is 0 Å². The molecule has 1 heterocycles. The average Bonchev–Trinajstić information content (AvgIpc) is 2.18. The highest BCUT2D eigenvalue weighted by Crippen LogP contribution is 2.19. The van der Waals surface area contributed by atoms with E-state index in [0.717, 1.165) is 23.0 Å². The van der Waals surface area contributed by atoms with Crippen LogP contribution in [0.2, 0.25) is 5.15 Å². The quantitative estimate of drug-likeness (QED) is 0.674. The second kappa shape index (κ2) is 6.17. The Morgan fingerprint density at radius 2 is 2.43 bits per heavy atom. The van der Waals surface area contributed by atoms with Crippen molar-refractivity contribution in [3.05, 3.63) is 33.5 Å². The van der Waals surface area contributed by atoms with Gasteiger partial charge in [-0.15, -0.1) is 0 Å². The zero-order valence-electron chi connectivity index (χ0n) is 7.93. The van der Waals surface area contributed by atoms with Crippen molar-refractivity contribution in [1.29, 1.82) is 0 Å². The van der Waals surface area contributed by atoms with Crippen LogP contribution in [0.3, 0.4) is 0 Å². The zero-order valence-corrected chi connectivity index (χ0v) is 10.3. The van der Waals surface area contributed by atoms with Gasteiger partial charge in [0.25, 0.3) is 0 Å². The standard InChI is InChI=1S/C10H12BrClN2/c1-13-5-3-2-4-8-6-9(11)7-14-10(8)12/h2,4,6-7,13H,3,5H2,1H3. The molecule has 0 bridgehead atoms. The van der Waals surface area contributed by atoms with Crippen LogP contribution in [0.5, 0.6) is 0 Å². The van der Waals surface area contributed by atoms with E-state index < -0.39 is 0 Å². The summed E-state index contributed by atoms with van der Waals surface area (Å²) in [6, 6.07) is 1.95. The molecule has 1 rings (SSSR count). The molecule has 2 nitrogen and oxygen atoms in total. The molecule has 0 fully saturated rings. The van der Waals surface area contributed by atoms with Gasteiger partial charge in [-0.1, -0.05) is 23.8 Å². The van der Waals surface area contributed by atoms with Crippen molar-refractivity contribution < 1.29 is 0 Å². The summed E-state index contributed by atoms with van der Waals surface area (Å²) in [7, 11) is 1.93. The third-order valence-electron chi connectivity index (χ3n) is 1.69. The van der Waals surface area contributed by atoms with Crippen LogP contribution < -0.4 is 5.32 Å². The van der Waals surface area contributed by atoms with Gasteiger partial charge in [0, 0.05) is 16.2 Å². The number of pyridine rings is 1.